The van der Waals surface area contributed by atoms with Gasteiger partial charge in [0, 0.05) is 17.4 Å². The third-order valence-corrected chi connectivity index (χ3v) is 3.72. The van der Waals surface area contributed by atoms with Gasteiger partial charge in [-0.25, -0.2) is 9.98 Å². The summed E-state index contributed by atoms with van der Waals surface area (Å²) >= 11 is 5.91. The van der Waals surface area contributed by atoms with Gasteiger partial charge >= 0.3 is 0 Å². The maximum atomic E-state index is 5.91. The van der Waals surface area contributed by atoms with E-state index in [0.29, 0.717) is 16.5 Å². The minimum Gasteiger partial charge on any atom is -0.463 e. The first-order valence-corrected chi connectivity index (χ1v) is 7.50. The monoisotopic (exact) mass is 321 g/mol. The zero-order valence-corrected chi connectivity index (χ0v) is 12.8. The zero-order valence-electron chi connectivity index (χ0n) is 12.1. The Morgan fingerprint density at radius 1 is 1.04 bits per heavy atom. The molecule has 23 heavy (non-hydrogen) atoms. The normalized spacial score (nSPS) is 11.5. The van der Waals surface area contributed by atoms with Crippen LogP contribution in [0.25, 0.3) is 17.1 Å². The van der Waals surface area contributed by atoms with Gasteiger partial charge in [0.05, 0.1) is 6.26 Å². The molecule has 0 unspecified atom stereocenters. The van der Waals surface area contributed by atoms with Crippen molar-refractivity contribution in [2.75, 3.05) is 0 Å². The molecule has 0 aliphatic carbocycles. The molecule has 4 rings (SSSR count). The molecule has 0 atom stereocenters. The van der Waals surface area contributed by atoms with Gasteiger partial charge in [-0.1, -0.05) is 29.8 Å². The molecule has 4 nitrogen and oxygen atoms in total. The summed E-state index contributed by atoms with van der Waals surface area (Å²) in [6.45, 7) is 0. The first-order chi connectivity index (χ1) is 11.3. The van der Waals surface area contributed by atoms with Crippen LogP contribution in [0.1, 0.15) is 5.56 Å². The van der Waals surface area contributed by atoms with Gasteiger partial charge in [-0.15, -0.1) is 0 Å². The molecule has 3 aromatic heterocycles. The van der Waals surface area contributed by atoms with Crippen molar-refractivity contribution in [3.63, 3.8) is 0 Å². The van der Waals surface area contributed by atoms with Crippen LogP contribution in [0.15, 0.2) is 76.5 Å². The van der Waals surface area contributed by atoms with Gasteiger partial charge < -0.3 is 4.42 Å². The van der Waals surface area contributed by atoms with Gasteiger partial charge in [-0.3, -0.25) is 4.40 Å². The minimum atomic E-state index is 0.692. The van der Waals surface area contributed by atoms with Gasteiger partial charge in [0.1, 0.15) is 5.65 Å². The summed E-state index contributed by atoms with van der Waals surface area (Å²) in [5.74, 6) is 1.42. The third kappa shape index (κ3) is 2.64. The molecule has 0 fully saturated rings. The molecule has 0 aliphatic heterocycles. The number of halogens is 1. The zero-order chi connectivity index (χ0) is 15.6. The summed E-state index contributed by atoms with van der Waals surface area (Å²) in [6, 6.07) is 17.1. The maximum absolute atomic E-state index is 5.91. The Bertz CT molecular complexity index is 969. The molecule has 1 aromatic carbocycles. The van der Waals surface area contributed by atoms with E-state index in [4.69, 9.17) is 16.0 Å². The second-order valence-electron chi connectivity index (χ2n) is 5.00. The average molecular weight is 322 g/mol. The molecular weight excluding hydrogens is 310 g/mol. The van der Waals surface area contributed by atoms with Crippen LogP contribution in [0.5, 0.6) is 0 Å². The van der Waals surface area contributed by atoms with Crippen molar-refractivity contribution >= 4 is 29.3 Å². The highest BCUT2D eigenvalue weighted by atomic mass is 35.5. The molecule has 0 N–H and O–H groups in total. The summed E-state index contributed by atoms with van der Waals surface area (Å²) in [6.07, 6.45) is 5.36. The summed E-state index contributed by atoms with van der Waals surface area (Å²) in [4.78, 5) is 9.24. The van der Waals surface area contributed by atoms with E-state index < -0.39 is 0 Å². The number of rotatable bonds is 3. The number of aliphatic imine (C=N–C) groups is 1. The Hall–Kier alpha value is -2.85. The van der Waals surface area contributed by atoms with Crippen LogP contribution < -0.4 is 0 Å². The van der Waals surface area contributed by atoms with E-state index in [1.165, 1.54) is 0 Å². The number of imidazole rings is 1. The first-order valence-electron chi connectivity index (χ1n) is 7.12. The van der Waals surface area contributed by atoms with Crippen LogP contribution in [-0.4, -0.2) is 15.6 Å². The Morgan fingerprint density at radius 2 is 1.91 bits per heavy atom. The van der Waals surface area contributed by atoms with E-state index >= 15 is 0 Å². The first kappa shape index (κ1) is 13.8. The smallest absolute Gasteiger partial charge is 0.168 e. The van der Waals surface area contributed by atoms with E-state index in [1.54, 1.807) is 12.5 Å². The molecular formula is C18H12ClN3O. The SMILES string of the molecule is Clc1ccc(/C=N/c2c(-c3ccco3)nc3ccccn23)cc1. The van der Waals surface area contributed by atoms with E-state index in [2.05, 4.69) is 9.98 Å². The number of pyridine rings is 1. The van der Waals surface area contributed by atoms with Crippen LogP contribution >= 0.6 is 11.6 Å². The molecule has 0 saturated carbocycles. The second kappa shape index (κ2) is 5.74. The molecule has 5 heteroatoms. The van der Waals surface area contributed by atoms with Crippen molar-refractivity contribution in [2.24, 2.45) is 4.99 Å². The van der Waals surface area contributed by atoms with Crippen molar-refractivity contribution in [1.29, 1.82) is 0 Å². The fourth-order valence-electron chi connectivity index (χ4n) is 2.37. The standard InChI is InChI=1S/C18H12ClN3O/c19-14-8-6-13(7-9-14)12-20-18-17(15-4-3-11-23-15)21-16-5-1-2-10-22(16)18/h1-12H/b20-12+. The topological polar surface area (TPSA) is 42.8 Å². The fraction of sp³-hybridized carbons (Fsp3) is 0. The molecule has 0 aliphatic rings. The van der Waals surface area contributed by atoms with Gasteiger partial charge in [-0.05, 0) is 42.0 Å². The number of hydrogen-bond acceptors (Lipinski definition) is 3. The van der Waals surface area contributed by atoms with E-state index in [9.17, 15) is 0 Å². The number of nitrogens with zero attached hydrogens (tertiary/aromatic N) is 3. The number of furan rings is 1. The number of hydrogen-bond donors (Lipinski definition) is 0. The molecule has 112 valence electrons. The Labute approximate surface area is 137 Å². The summed E-state index contributed by atoms with van der Waals surface area (Å²) in [5, 5.41) is 0.702. The maximum Gasteiger partial charge on any atom is 0.168 e. The van der Waals surface area contributed by atoms with Gasteiger partial charge in [0.2, 0.25) is 0 Å². The van der Waals surface area contributed by atoms with Crippen LogP contribution in [0.3, 0.4) is 0 Å². The molecule has 3 heterocycles. The highest BCUT2D eigenvalue weighted by Gasteiger charge is 2.14. The predicted octanol–water partition coefficient (Wildman–Crippen LogP) is 5.00. The van der Waals surface area contributed by atoms with E-state index in [-0.39, 0.29) is 0 Å². The molecule has 0 amide bonds. The van der Waals surface area contributed by atoms with Gasteiger partial charge in [0.15, 0.2) is 17.3 Å². The number of benzene rings is 1. The minimum absolute atomic E-state index is 0.692. The quantitative estimate of drug-likeness (QED) is 0.498. The second-order valence-corrected chi connectivity index (χ2v) is 5.44. The van der Waals surface area contributed by atoms with Crippen molar-refractivity contribution in [3.8, 4) is 11.5 Å². The number of fused-ring (bicyclic) bond motifs is 1. The molecule has 0 radical (unpaired) electrons. The van der Waals surface area contributed by atoms with Crippen molar-refractivity contribution in [3.05, 3.63) is 77.6 Å². The average Bonchev–Trinajstić information content (AvgIpc) is 3.22. The molecule has 0 bridgehead atoms. The highest BCUT2D eigenvalue weighted by Crippen LogP contribution is 2.31. The lowest BCUT2D eigenvalue weighted by molar-refractivity contribution is 0.580. The summed E-state index contributed by atoms with van der Waals surface area (Å²) in [7, 11) is 0. The van der Waals surface area contributed by atoms with Gasteiger partial charge in [0.25, 0.3) is 0 Å². The van der Waals surface area contributed by atoms with Crippen molar-refractivity contribution < 1.29 is 4.42 Å². The van der Waals surface area contributed by atoms with Crippen molar-refractivity contribution in [2.45, 2.75) is 0 Å². The van der Waals surface area contributed by atoms with Crippen LogP contribution in [-0.2, 0) is 0 Å². The lowest BCUT2D eigenvalue weighted by Gasteiger charge is -1.98. The Morgan fingerprint density at radius 3 is 2.70 bits per heavy atom. The largest absolute Gasteiger partial charge is 0.463 e. The lowest BCUT2D eigenvalue weighted by Crippen LogP contribution is -1.84. The van der Waals surface area contributed by atoms with E-state index in [0.717, 1.165) is 17.0 Å². The highest BCUT2D eigenvalue weighted by molar-refractivity contribution is 6.30. The van der Waals surface area contributed by atoms with E-state index in [1.807, 2.05) is 65.2 Å². The Balaban J connectivity index is 1.84. The molecule has 0 saturated heterocycles. The number of aromatic nitrogens is 2. The Kier molecular flexibility index (Phi) is 3.44. The van der Waals surface area contributed by atoms with Crippen LogP contribution in [0.4, 0.5) is 5.82 Å². The molecule has 4 aromatic rings. The van der Waals surface area contributed by atoms with Gasteiger partial charge in [-0.2, -0.15) is 0 Å². The van der Waals surface area contributed by atoms with Crippen LogP contribution in [0, 0.1) is 0 Å². The van der Waals surface area contributed by atoms with Crippen molar-refractivity contribution in [1.82, 2.24) is 9.38 Å². The summed E-state index contributed by atoms with van der Waals surface area (Å²) < 4.78 is 7.43. The third-order valence-electron chi connectivity index (χ3n) is 3.47. The van der Waals surface area contributed by atoms with Crippen LogP contribution in [0.2, 0.25) is 5.02 Å². The molecule has 0 spiro atoms. The summed E-state index contributed by atoms with van der Waals surface area (Å²) in [5.41, 5.74) is 2.50. The lowest BCUT2D eigenvalue weighted by atomic mass is 10.2. The fourth-order valence-corrected chi connectivity index (χ4v) is 2.50. The predicted molar refractivity (Wildman–Crippen MR) is 91.6 cm³/mol.